The maximum atomic E-state index is 12.9. The first kappa shape index (κ1) is 22.2. The summed E-state index contributed by atoms with van der Waals surface area (Å²) in [7, 11) is 1.86. The van der Waals surface area contributed by atoms with Crippen molar-refractivity contribution in [2.45, 2.75) is 46.6 Å². The number of rotatable bonds is 7. The molecule has 0 saturated heterocycles. The van der Waals surface area contributed by atoms with Crippen LogP contribution in [0.15, 0.2) is 6.20 Å². The highest BCUT2D eigenvalue weighted by Crippen LogP contribution is 2.18. The van der Waals surface area contributed by atoms with Gasteiger partial charge in [-0.15, -0.1) is 0 Å². The van der Waals surface area contributed by atoms with Gasteiger partial charge >= 0.3 is 6.09 Å². The number of amides is 1. The average Bonchev–Trinajstić information content (AvgIpc) is 2.52. The Morgan fingerprint density at radius 3 is 2.62 bits per heavy atom. The van der Waals surface area contributed by atoms with Gasteiger partial charge in [0, 0.05) is 24.6 Å². The summed E-state index contributed by atoms with van der Waals surface area (Å²) < 4.78 is 5.60. The van der Waals surface area contributed by atoms with Crippen molar-refractivity contribution >= 4 is 41.2 Å². The smallest absolute Gasteiger partial charge is 0.429 e. The van der Waals surface area contributed by atoms with Crippen LogP contribution in [0, 0.1) is 17.2 Å². The highest BCUT2D eigenvalue weighted by molar-refractivity contribution is 9.09. The van der Waals surface area contributed by atoms with E-state index in [0.29, 0.717) is 18.9 Å². The van der Waals surface area contributed by atoms with Gasteiger partial charge in [0.2, 0.25) is 5.82 Å². The van der Waals surface area contributed by atoms with Crippen LogP contribution in [0.3, 0.4) is 0 Å². The van der Waals surface area contributed by atoms with E-state index >= 15 is 0 Å². The number of anilines is 1. The number of hydrazine groups is 1. The van der Waals surface area contributed by atoms with Gasteiger partial charge in [-0.1, -0.05) is 29.8 Å². The second kappa shape index (κ2) is 9.76. The predicted octanol–water partition coefficient (Wildman–Crippen LogP) is 2.01. The minimum Gasteiger partial charge on any atom is -0.442 e. The summed E-state index contributed by atoms with van der Waals surface area (Å²) in [5.41, 5.74) is 0.184. The Bertz CT molecular complexity index is 658. The third-order valence-electron chi connectivity index (χ3n) is 3.23. The van der Waals surface area contributed by atoms with Crippen molar-refractivity contribution in [3.63, 3.8) is 0 Å². The molecule has 1 amide bonds. The first-order valence-electron chi connectivity index (χ1n) is 8.66. The van der Waals surface area contributed by atoms with Gasteiger partial charge in [0.1, 0.15) is 25.3 Å². The molecule has 0 atom stereocenters. The molecular formula is C17H27BBrN5O2. The number of carbonyl (C=O) groups excluding carboxylic acids is 1. The Balaban J connectivity index is 3.35. The molecule has 0 aliphatic carbocycles. The van der Waals surface area contributed by atoms with E-state index in [9.17, 15) is 4.79 Å². The van der Waals surface area contributed by atoms with E-state index in [4.69, 9.17) is 10.00 Å². The Hall–Kier alpha value is -1.82. The average molecular weight is 424 g/mol. The molecular weight excluding hydrogens is 397 g/mol. The lowest BCUT2D eigenvalue weighted by Crippen LogP contribution is -2.52. The van der Waals surface area contributed by atoms with Gasteiger partial charge in [0.25, 0.3) is 0 Å². The van der Waals surface area contributed by atoms with Crippen LogP contribution in [0.25, 0.3) is 0 Å². The molecule has 26 heavy (non-hydrogen) atoms. The Kier molecular flexibility index (Phi) is 8.35. The topological polar surface area (TPSA) is 82.4 Å². The molecule has 1 aromatic rings. The fourth-order valence-electron chi connectivity index (χ4n) is 2.23. The van der Waals surface area contributed by atoms with E-state index in [2.05, 4.69) is 39.7 Å². The number of nitriles is 1. The van der Waals surface area contributed by atoms with Crippen LogP contribution >= 0.6 is 15.9 Å². The molecule has 7 nitrogen and oxygen atoms in total. The van der Waals surface area contributed by atoms with E-state index in [1.54, 1.807) is 16.2 Å². The van der Waals surface area contributed by atoms with Crippen LogP contribution in [-0.4, -0.2) is 52.9 Å². The third kappa shape index (κ3) is 6.83. The maximum Gasteiger partial charge on any atom is 0.429 e. The van der Waals surface area contributed by atoms with E-state index in [-0.39, 0.29) is 11.7 Å². The second-order valence-corrected chi connectivity index (χ2v) is 8.23. The lowest BCUT2D eigenvalue weighted by molar-refractivity contribution is 0.0218. The van der Waals surface area contributed by atoms with Crippen molar-refractivity contribution in [1.82, 2.24) is 15.0 Å². The van der Waals surface area contributed by atoms with Crippen molar-refractivity contribution < 1.29 is 9.53 Å². The predicted molar refractivity (Wildman–Crippen MR) is 108 cm³/mol. The fraction of sp³-hybridized carbons (Fsp3) is 0.647. The Morgan fingerprint density at radius 1 is 1.46 bits per heavy atom. The molecule has 142 valence electrons. The molecule has 0 spiro atoms. The number of nitrogens with zero attached hydrogens (tertiary/aromatic N) is 5. The van der Waals surface area contributed by atoms with Crippen molar-refractivity contribution in [2.24, 2.45) is 5.92 Å². The van der Waals surface area contributed by atoms with Gasteiger partial charge < -0.3 is 4.74 Å². The molecule has 0 bridgehead atoms. The van der Waals surface area contributed by atoms with Crippen molar-refractivity contribution in [2.75, 3.05) is 23.4 Å². The SMILES string of the molecule is Bc1cnc(C#N)nc1N(CC(C)C)N(CCCBr)C(=O)OC(C)(C)C. The third-order valence-corrected chi connectivity index (χ3v) is 3.79. The number of hydrogen-bond donors (Lipinski definition) is 0. The first-order valence-corrected chi connectivity index (χ1v) is 9.79. The largest absolute Gasteiger partial charge is 0.442 e. The highest BCUT2D eigenvalue weighted by atomic mass is 79.9. The van der Waals surface area contributed by atoms with Crippen LogP contribution in [0.4, 0.5) is 10.6 Å². The molecule has 0 unspecified atom stereocenters. The summed E-state index contributed by atoms with van der Waals surface area (Å²) in [6.07, 6.45) is 1.92. The quantitative estimate of drug-likeness (QED) is 0.379. The highest BCUT2D eigenvalue weighted by Gasteiger charge is 2.29. The zero-order valence-corrected chi connectivity index (χ0v) is 18.0. The van der Waals surface area contributed by atoms with Crippen molar-refractivity contribution in [3.8, 4) is 6.07 Å². The summed E-state index contributed by atoms with van der Waals surface area (Å²) >= 11 is 3.42. The van der Waals surface area contributed by atoms with Crippen LogP contribution < -0.4 is 10.5 Å². The number of hydrogen-bond acceptors (Lipinski definition) is 6. The monoisotopic (exact) mass is 423 g/mol. The number of halogens is 1. The number of alkyl halides is 1. The zero-order valence-electron chi connectivity index (χ0n) is 16.4. The molecule has 9 heteroatoms. The molecule has 0 saturated carbocycles. The molecule has 0 aliphatic heterocycles. The molecule has 0 aromatic carbocycles. The minimum absolute atomic E-state index is 0.0731. The van der Waals surface area contributed by atoms with Gasteiger partial charge in [-0.3, -0.25) is 5.01 Å². The fourth-order valence-corrected chi connectivity index (χ4v) is 2.48. The van der Waals surface area contributed by atoms with Crippen LogP contribution in [-0.2, 0) is 4.74 Å². The summed E-state index contributed by atoms with van der Waals surface area (Å²) in [5.74, 6) is 0.887. The van der Waals surface area contributed by atoms with E-state index in [1.807, 2.05) is 34.7 Å². The second-order valence-electron chi connectivity index (χ2n) is 7.43. The summed E-state index contributed by atoms with van der Waals surface area (Å²) in [4.78, 5) is 21.2. The molecule has 0 radical (unpaired) electrons. The van der Waals surface area contributed by atoms with Crippen LogP contribution in [0.1, 0.15) is 46.9 Å². The van der Waals surface area contributed by atoms with Crippen LogP contribution in [0.5, 0.6) is 0 Å². The van der Waals surface area contributed by atoms with Gasteiger partial charge in [-0.25, -0.2) is 19.8 Å². The minimum atomic E-state index is -0.605. The summed E-state index contributed by atoms with van der Waals surface area (Å²) in [6, 6.07) is 1.96. The molecule has 0 N–H and O–H groups in total. The Labute approximate surface area is 165 Å². The maximum absolute atomic E-state index is 12.9. The number of carbonyl (C=O) groups is 1. The van der Waals surface area contributed by atoms with Gasteiger partial charge in [0.15, 0.2) is 0 Å². The summed E-state index contributed by atoms with van der Waals surface area (Å²) in [5, 5.41) is 13.3. The summed E-state index contributed by atoms with van der Waals surface area (Å²) in [6.45, 7) is 10.7. The van der Waals surface area contributed by atoms with Crippen LogP contribution in [0.2, 0.25) is 0 Å². The van der Waals surface area contributed by atoms with E-state index in [0.717, 1.165) is 17.2 Å². The van der Waals surface area contributed by atoms with E-state index < -0.39 is 11.7 Å². The molecule has 1 heterocycles. The molecule has 1 rings (SSSR count). The lowest BCUT2D eigenvalue weighted by Gasteiger charge is -2.38. The number of aromatic nitrogens is 2. The first-order chi connectivity index (χ1) is 12.1. The van der Waals surface area contributed by atoms with E-state index in [1.165, 1.54) is 0 Å². The molecule has 1 aromatic heterocycles. The van der Waals surface area contributed by atoms with Gasteiger partial charge in [-0.05, 0) is 38.6 Å². The lowest BCUT2D eigenvalue weighted by atomic mass is 9.98. The van der Waals surface area contributed by atoms with Gasteiger partial charge in [-0.2, -0.15) is 5.26 Å². The standard InChI is InChI=1S/C17H27BBrN5O2/c1-12(2)11-24(15-13(18)10-21-14(9-20)22-15)23(8-6-7-19)16(25)26-17(3,4)5/h10,12H,6-8,11,18H2,1-5H3. The Morgan fingerprint density at radius 2 is 2.12 bits per heavy atom. The van der Waals surface area contributed by atoms with Crippen molar-refractivity contribution in [1.29, 1.82) is 5.26 Å². The van der Waals surface area contributed by atoms with Crippen molar-refractivity contribution in [3.05, 3.63) is 12.0 Å². The molecule has 0 aliphatic rings. The number of ether oxygens (including phenoxy) is 1. The zero-order chi connectivity index (χ0) is 19.9. The normalized spacial score (nSPS) is 11.2. The molecule has 0 fully saturated rings. The van der Waals surface area contributed by atoms with Gasteiger partial charge in [0.05, 0.1) is 0 Å².